The Bertz CT molecular complexity index is 572. The van der Waals surface area contributed by atoms with Crippen LogP contribution in [0.4, 0.5) is 0 Å². The minimum atomic E-state index is -1.59. The average Bonchev–Trinajstić information content (AvgIpc) is 2.85. The van der Waals surface area contributed by atoms with Crippen molar-refractivity contribution in [3.8, 4) is 0 Å². The molecule has 6 heteroatoms. The molecule has 0 saturated heterocycles. The SMILES string of the molecule is CCCCCCCCC=CCCCCCCCC(=O)OC(=O)CC(O)C(=O)OCCCCCCCC. The first kappa shape index (κ1) is 34.3. The lowest BCUT2D eigenvalue weighted by Gasteiger charge is -2.10. The number of hydrogen-bond donors (Lipinski definition) is 1. The first-order valence-electron chi connectivity index (χ1n) is 14.7. The number of esters is 3. The molecule has 0 aromatic rings. The highest BCUT2D eigenvalue weighted by molar-refractivity contribution is 5.88. The molecule has 0 aliphatic heterocycles. The fourth-order valence-corrected chi connectivity index (χ4v) is 3.95. The number of unbranched alkanes of at least 4 members (excludes halogenated alkanes) is 16. The molecule has 0 aliphatic rings. The van der Waals surface area contributed by atoms with Crippen molar-refractivity contribution in [2.45, 2.75) is 155 Å². The number of ether oxygens (including phenoxy) is 2. The molecule has 0 bridgehead atoms. The Kier molecular flexibility index (Phi) is 25.1. The molecule has 0 rings (SSSR count). The van der Waals surface area contributed by atoms with Crippen LogP contribution in [0, 0.1) is 0 Å². The van der Waals surface area contributed by atoms with Crippen LogP contribution < -0.4 is 0 Å². The number of aliphatic hydroxyl groups is 1. The van der Waals surface area contributed by atoms with Crippen LogP contribution in [0.15, 0.2) is 12.2 Å². The summed E-state index contributed by atoms with van der Waals surface area (Å²) in [4.78, 5) is 35.4. The van der Waals surface area contributed by atoms with E-state index in [1.165, 1.54) is 64.2 Å². The largest absolute Gasteiger partial charge is 0.464 e. The van der Waals surface area contributed by atoms with Crippen molar-refractivity contribution < 1.29 is 29.0 Å². The van der Waals surface area contributed by atoms with Gasteiger partial charge in [-0.05, 0) is 38.5 Å². The van der Waals surface area contributed by atoms with E-state index in [1.807, 2.05) is 0 Å². The molecule has 0 fully saturated rings. The molecule has 0 spiro atoms. The van der Waals surface area contributed by atoms with Gasteiger partial charge in [0.25, 0.3) is 0 Å². The van der Waals surface area contributed by atoms with Gasteiger partial charge in [0.05, 0.1) is 13.0 Å². The van der Waals surface area contributed by atoms with Gasteiger partial charge < -0.3 is 14.6 Å². The Morgan fingerprint density at radius 1 is 0.639 bits per heavy atom. The molecule has 6 nitrogen and oxygen atoms in total. The molecule has 1 atom stereocenters. The van der Waals surface area contributed by atoms with E-state index >= 15 is 0 Å². The zero-order chi connectivity index (χ0) is 26.7. The van der Waals surface area contributed by atoms with Gasteiger partial charge in [-0.2, -0.15) is 0 Å². The predicted octanol–water partition coefficient (Wildman–Crippen LogP) is 7.75. The third-order valence-electron chi connectivity index (χ3n) is 6.24. The van der Waals surface area contributed by atoms with Gasteiger partial charge in [-0.1, -0.05) is 109 Å². The van der Waals surface area contributed by atoms with Crippen LogP contribution in [-0.4, -0.2) is 35.7 Å². The molecule has 0 saturated carbocycles. The van der Waals surface area contributed by atoms with Gasteiger partial charge in [-0.3, -0.25) is 9.59 Å². The summed E-state index contributed by atoms with van der Waals surface area (Å²) < 4.78 is 9.71. The van der Waals surface area contributed by atoms with Gasteiger partial charge in [-0.25, -0.2) is 4.79 Å². The van der Waals surface area contributed by atoms with Gasteiger partial charge in [0.15, 0.2) is 6.10 Å². The van der Waals surface area contributed by atoms with Crippen molar-refractivity contribution >= 4 is 17.9 Å². The third-order valence-corrected chi connectivity index (χ3v) is 6.24. The Morgan fingerprint density at radius 3 is 1.67 bits per heavy atom. The normalized spacial score (nSPS) is 12.1. The second kappa shape index (κ2) is 26.4. The highest BCUT2D eigenvalue weighted by atomic mass is 16.6. The average molecular weight is 511 g/mol. The minimum Gasteiger partial charge on any atom is -0.464 e. The van der Waals surface area contributed by atoms with Gasteiger partial charge in [0.1, 0.15) is 0 Å². The molecule has 0 amide bonds. The first-order chi connectivity index (χ1) is 17.5. The summed E-state index contributed by atoms with van der Waals surface area (Å²) in [5, 5.41) is 9.80. The summed E-state index contributed by atoms with van der Waals surface area (Å²) in [6, 6.07) is 0. The van der Waals surface area contributed by atoms with E-state index in [0.717, 1.165) is 51.4 Å². The van der Waals surface area contributed by atoms with Gasteiger partial charge in [0, 0.05) is 6.42 Å². The van der Waals surface area contributed by atoms with Gasteiger partial charge >= 0.3 is 17.9 Å². The molecule has 0 heterocycles. The molecular weight excluding hydrogens is 456 g/mol. The van der Waals surface area contributed by atoms with Crippen LogP contribution in [0.3, 0.4) is 0 Å². The van der Waals surface area contributed by atoms with Crippen molar-refractivity contribution in [1.29, 1.82) is 0 Å². The molecule has 0 aromatic heterocycles. The van der Waals surface area contributed by atoms with E-state index in [0.29, 0.717) is 6.42 Å². The third kappa shape index (κ3) is 24.0. The van der Waals surface area contributed by atoms with Crippen molar-refractivity contribution in [2.24, 2.45) is 0 Å². The summed E-state index contributed by atoms with van der Waals surface area (Å²) in [6.07, 6.45) is 24.2. The van der Waals surface area contributed by atoms with Crippen molar-refractivity contribution in [1.82, 2.24) is 0 Å². The van der Waals surface area contributed by atoms with E-state index in [4.69, 9.17) is 9.47 Å². The van der Waals surface area contributed by atoms with Crippen LogP contribution in [-0.2, 0) is 23.9 Å². The van der Waals surface area contributed by atoms with Crippen LogP contribution in [0.2, 0.25) is 0 Å². The van der Waals surface area contributed by atoms with Crippen LogP contribution in [0.5, 0.6) is 0 Å². The smallest absolute Gasteiger partial charge is 0.335 e. The summed E-state index contributed by atoms with van der Waals surface area (Å²) in [5.41, 5.74) is 0. The molecule has 0 aromatic carbocycles. The Hall–Kier alpha value is -1.69. The monoisotopic (exact) mass is 510 g/mol. The van der Waals surface area contributed by atoms with E-state index in [-0.39, 0.29) is 13.0 Å². The predicted molar refractivity (Wildman–Crippen MR) is 146 cm³/mol. The second-order valence-electron chi connectivity index (χ2n) is 9.84. The fraction of sp³-hybridized carbons (Fsp3) is 0.833. The molecule has 1 unspecified atom stereocenters. The fourth-order valence-electron chi connectivity index (χ4n) is 3.95. The number of carbonyl (C=O) groups excluding carboxylic acids is 3. The van der Waals surface area contributed by atoms with Crippen LogP contribution >= 0.6 is 0 Å². The zero-order valence-electron chi connectivity index (χ0n) is 23.3. The van der Waals surface area contributed by atoms with E-state index in [1.54, 1.807) is 0 Å². The van der Waals surface area contributed by atoms with Gasteiger partial charge in [0.2, 0.25) is 0 Å². The number of aliphatic hydroxyl groups excluding tert-OH is 1. The standard InChI is InChI=1S/C30H54O6/c1-3-5-7-9-11-12-13-14-15-16-17-18-19-20-22-24-28(32)36-29(33)26-27(31)30(34)35-25-23-21-10-8-6-4-2/h14-15,27,31H,3-13,16-26H2,1-2H3. The zero-order valence-corrected chi connectivity index (χ0v) is 23.3. The first-order valence-corrected chi connectivity index (χ1v) is 14.7. The lowest BCUT2D eigenvalue weighted by molar-refractivity contribution is -0.166. The summed E-state index contributed by atoms with van der Waals surface area (Å²) in [6.45, 7) is 4.63. The Balaban J connectivity index is 3.60. The molecule has 0 aliphatic carbocycles. The molecule has 36 heavy (non-hydrogen) atoms. The highest BCUT2D eigenvalue weighted by Gasteiger charge is 2.22. The second-order valence-corrected chi connectivity index (χ2v) is 9.84. The summed E-state index contributed by atoms with van der Waals surface area (Å²) in [5.74, 6) is -2.34. The highest BCUT2D eigenvalue weighted by Crippen LogP contribution is 2.11. The maximum atomic E-state index is 11.8. The minimum absolute atomic E-state index is 0.169. The maximum absolute atomic E-state index is 11.8. The molecular formula is C30H54O6. The van der Waals surface area contributed by atoms with Crippen molar-refractivity contribution in [2.75, 3.05) is 6.61 Å². The quantitative estimate of drug-likeness (QED) is 0.0584. The summed E-state index contributed by atoms with van der Waals surface area (Å²) in [7, 11) is 0. The number of carbonyl (C=O) groups is 3. The lowest BCUT2D eigenvalue weighted by atomic mass is 10.1. The number of allylic oxidation sites excluding steroid dienone is 2. The number of hydrogen-bond acceptors (Lipinski definition) is 6. The summed E-state index contributed by atoms with van der Waals surface area (Å²) >= 11 is 0. The topological polar surface area (TPSA) is 89.9 Å². The van der Waals surface area contributed by atoms with Crippen LogP contribution in [0.25, 0.3) is 0 Å². The number of rotatable bonds is 25. The molecule has 0 radical (unpaired) electrons. The molecule has 210 valence electrons. The van der Waals surface area contributed by atoms with E-state index in [2.05, 4.69) is 26.0 Å². The van der Waals surface area contributed by atoms with E-state index < -0.39 is 30.4 Å². The Morgan fingerprint density at radius 2 is 1.11 bits per heavy atom. The van der Waals surface area contributed by atoms with Crippen LogP contribution in [0.1, 0.15) is 149 Å². The van der Waals surface area contributed by atoms with Crippen molar-refractivity contribution in [3.05, 3.63) is 12.2 Å². The van der Waals surface area contributed by atoms with E-state index in [9.17, 15) is 19.5 Å². The molecule has 1 N–H and O–H groups in total. The maximum Gasteiger partial charge on any atom is 0.335 e. The van der Waals surface area contributed by atoms with Crippen molar-refractivity contribution in [3.63, 3.8) is 0 Å². The Labute approximate surface area is 220 Å². The van der Waals surface area contributed by atoms with Gasteiger partial charge in [-0.15, -0.1) is 0 Å². The lowest BCUT2D eigenvalue weighted by Crippen LogP contribution is -2.28.